The van der Waals surface area contributed by atoms with Gasteiger partial charge in [0.1, 0.15) is 6.29 Å². The molecule has 4 nitrogen and oxygen atoms in total. The lowest BCUT2D eigenvalue weighted by Gasteiger charge is -2.32. The van der Waals surface area contributed by atoms with Crippen LogP contribution in [0.4, 0.5) is 0 Å². The van der Waals surface area contributed by atoms with E-state index in [0.717, 1.165) is 11.8 Å². The molecule has 4 heteroatoms. The molecule has 1 aliphatic heterocycles. The van der Waals surface area contributed by atoms with Crippen LogP contribution < -0.4 is 5.32 Å². The van der Waals surface area contributed by atoms with E-state index in [9.17, 15) is 4.79 Å². The molecule has 2 unspecified atom stereocenters. The molecule has 0 radical (unpaired) electrons. The standard InChI is InChI=1S/C14H19NO3/c1-11(14-10-17-9-13(7-16)15-14)18-8-12-5-3-2-4-6-12/h2-7,11,13-15H,8-10H2,1H3/t11-,13?,14?/m1/s1. The van der Waals surface area contributed by atoms with Gasteiger partial charge in [-0.25, -0.2) is 0 Å². The van der Waals surface area contributed by atoms with Gasteiger partial charge in [0.2, 0.25) is 0 Å². The summed E-state index contributed by atoms with van der Waals surface area (Å²) >= 11 is 0. The number of morpholine rings is 1. The van der Waals surface area contributed by atoms with Crippen LogP contribution in [0.15, 0.2) is 30.3 Å². The molecular formula is C14H19NO3. The van der Waals surface area contributed by atoms with Crippen molar-refractivity contribution in [2.75, 3.05) is 13.2 Å². The molecule has 1 N–H and O–H groups in total. The van der Waals surface area contributed by atoms with Gasteiger partial charge in [-0.3, -0.25) is 5.32 Å². The predicted molar refractivity (Wildman–Crippen MR) is 68.3 cm³/mol. The average Bonchev–Trinajstić information content (AvgIpc) is 2.46. The third-order valence-corrected chi connectivity index (χ3v) is 3.11. The first kappa shape index (κ1) is 13.2. The van der Waals surface area contributed by atoms with Gasteiger partial charge in [-0.2, -0.15) is 0 Å². The van der Waals surface area contributed by atoms with E-state index < -0.39 is 0 Å². The van der Waals surface area contributed by atoms with Crippen LogP contribution >= 0.6 is 0 Å². The Hall–Kier alpha value is -1.23. The van der Waals surface area contributed by atoms with Crippen LogP contribution in [-0.4, -0.2) is 37.7 Å². The van der Waals surface area contributed by atoms with E-state index in [1.807, 2.05) is 37.3 Å². The van der Waals surface area contributed by atoms with Crippen molar-refractivity contribution in [3.63, 3.8) is 0 Å². The molecule has 1 fully saturated rings. The van der Waals surface area contributed by atoms with Gasteiger partial charge >= 0.3 is 0 Å². The van der Waals surface area contributed by atoms with Crippen LogP contribution in [0.5, 0.6) is 0 Å². The molecule has 0 spiro atoms. The summed E-state index contributed by atoms with van der Waals surface area (Å²) in [6.45, 7) is 3.61. The smallest absolute Gasteiger partial charge is 0.139 e. The van der Waals surface area contributed by atoms with E-state index in [1.165, 1.54) is 0 Å². The van der Waals surface area contributed by atoms with Crippen LogP contribution in [0.3, 0.4) is 0 Å². The first-order valence-corrected chi connectivity index (χ1v) is 6.24. The number of carbonyl (C=O) groups is 1. The molecule has 1 saturated heterocycles. The minimum absolute atomic E-state index is 0.00737. The number of ether oxygens (including phenoxy) is 2. The fourth-order valence-electron chi connectivity index (χ4n) is 1.96. The summed E-state index contributed by atoms with van der Waals surface area (Å²) in [5.41, 5.74) is 1.15. The van der Waals surface area contributed by atoms with Crippen LogP contribution in [0.1, 0.15) is 12.5 Å². The molecule has 2 rings (SSSR count). The fraction of sp³-hybridized carbons (Fsp3) is 0.500. The Morgan fingerprint density at radius 2 is 2.22 bits per heavy atom. The van der Waals surface area contributed by atoms with Gasteiger partial charge in [-0.05, 0) is 12.5 Å². The van der Waals surface area contributed by atoms with Gasteiger partial charge in [0.05, 0.1) is 38.0 Å². The summed E-state index contributed by atoms with van der Waals surface area (Å²) in [6, 6.07) is 9.89. The van der Waals surface area contributed by atoms with Crippen molar-refractivity contribution < 1.29 is 14.3 Å². The molecule has 0 amide bonds. The summed E-state index contributed by atoms with van der Waals surface area (Å²) < 4.78 is 11.2. The highest BCUT2D eigenvalue weighted by Crippen LogP contribution is 2.09. The van der Waals surface area contributed by atoms with E-state index in [1.54, 1.807) is 0 Å². The van der Waals surface area contributed by atoms with Crippen LogP contribution in [0, 0.1) is 0 Å². The Balaban J connectivity index is 1.80. The normalized spacial score (nSPS) is 25.6. The number of hydrogen-bond acceptors (Lipinski definition) is 4. The van der Waals surface area contributed by atoms with Crippen molar-refractivity contribution in [2.24, 2.45) is 0 Å². The molecule has 0 aliphatic carbocycles. The van der Waals surface area contributed by atoms with E-state index in [-0.39, 0.29) is 18.2 Å². The molecule has 0 saturated carbocycles. The summed E-state index contributed by atoms with van der Waals surface area (Å²) in [7, 11) is 0. The minimum Gasteiger partial charge on any atom is -0.378 e. The van der Waals surface area contributed by atoms with Gasteiger partial charge < -0.3 is 14.3 Å². The Bertz CT molecular complexity index is 369. The first-order valence-electron chi connectivity index (χ1n) is 6.24. The van der Waals surface area contributed by atoms with Crippen molar-refractivity contribution in [1.29, 1.82) is 0 Å². The van der Waals surface area contributed by atoms with Crippen LogP contribution in [0.25, 0.3) is 0 Å². The van der Waals surface area contributed by atoms with Gasteiger partial charge in [-0.1, -0.05) is 30.3 Å². The number of benzene rings is 1. The molecule has 1 aromatic rings. The van der Waals surface area contributed by atoms with Gasteiger partial charge in [0.15, 0.2) is 0 Å². The zero-order valence-electron chi connectivity index (χ0n) is 10.5. The second kappa shape index (κ2) is 6.64. The third-order valence-electron chi connectivity index (χ3n) is 3.11. The Morgan fingerprint density at radius 1 is 1.44 bits per heavy atom. The van der Waals surface area contributed by atoms with Crippen molar-refractivity contribution in [1.82, 2.24) is 5.32 Å². The molecule has 18 heavy (non-hydrogen) atoms. The van der Waals surface area contributed by atoms with E-state index in [2.05, 4.69) is 5.32 Å². The zero-order chi connectivity index (χ0) is 12.8. The maximum atomic E-state index is 10.7. The summed E-state index contributed by atoms with van der Waals surface area (Å²) in [5.74, 6) is 0. The first-order chi connectivity index (χ1) is 8.79. The lowest BCUT2D eigenvalue weighted by molar-refractivity contribution is -0.114. The van der Waals surface area contributed by atoms with Crippen molar-refractivity contribution >= 4 is 6.29 Å². The Morgan fingerprint density at radius 3 is 2.94 bits per heavy atom. The number of hydrogen-bond donors (Lipinski definition) is 1. The summed E-state index contributed by atoms with van der Waals surface area (Å²) in [5, 5.41) is 3.22. The lowest BCUT2D eigenvalue weighted by Crippen LogP contribution is -2.54. The number of carbonyl (C=O) groups excluding carboxylic acids is 1. The summed E-state index contributed by atoms with van der Waals surface area (Å²) in [4.78, 5) is 10.7. The number of aldehydes is 1. The van der Waals surface area contributed by atoms with Crippen molar-refractivity contribution in [2.45, 2.75) is 31.7 Å². The lowest BCUT2D eigenvalue weighted by atomic mass is 10.1. The van der Waals surface area contributed by atoms with Gasteiger partial charge in [-0.15, -0.1) is 0 Å². The highest BCUT2D eigenvalue weighted by Gasteiger charge is 2.26. The van der Waals surface area contributed by atoms with Crippen molar-refractivity contribution in [3.8, 4) is 0 Å². The molecule has 1 aromatic carbocycles. The largest absolute Gasteiger partial charge is 0.378 e. The Kier molecular flexibility index (Phi) is 4.87. The molecule has 98 valence electrons. The molecule has 1 aliphatic rings. The highest BCUT2D eigenvalue weighted by molar-refractivity contribution is 5.57. The number of nitrogens with one attached hydrogen (secondary N) is 1. The monoisotopic (exact) mass is 249 g/mol. The quantitative estimate of drug-likeness (QED) is 0.795. The van der Waals surface area contributed by atoms with E-state index >= 15 is 0 Å². The maximum Gasteiger partial charge on any atom is 0.139 e. The SMILES string of the molecule is C[C@@H](OCc1ccccc1)C1COCC(C=O)N1. The molecule has 3 atom stereocenters. The molecular weight excluding hydrogens is 230 g/mol. The maximum absolute atomic E-state index is 10.7. The van der Waals surface area contributed by atoms with Crippen molar-refractivity contribution in [3.05, 3.63) is 35.9 Å². The van der Waals surface area contributed by atoms with Crippen LogP contribution in [-0.2, 0) is 20.9 Å². The van der Waals surface area contributed by atoms with Crippen LogP contribution in [0.2, 0.25) is 0 Å². The highest BCUT2D eigenvalue weighted by atomic mass is 16.5. The van der Waals surface area contributed by atoms with Gasteiger partial charge in [0, 0.05) is 0 Å². The molecule has 0 aromatic heterocycles. The predicted octanol–water partition coefficient (Wildman–Crippen LogP) is 1.15. The zero-order valence-corrected chi connectivity index (χ0v) is 10.5. The van der Waals surface area contributed by atoms with E-state index in [0.29, 0.717) is 19.8 Å². The van der Waals surface area contributed by atoms with E-state index in [4.69, 9.17) is 9.47 Å². The second-order valence-electron chi connectivity index (χ2n) is 4.55. The fourth-order valence-corrected chi connectivity index (χ4v) is 1.96. The van der Waals surface area contributed by atoms with Gasteiger partial charge in [0.25, 0.3) is 0 Å². The Labute approximate surface area is 107 Å². The average molecular weight is 249 g/mol. The number of rotatable bonds is 5. The second-order valence-corrected chi connectivity index (χ2v) is 4.55. The summed E-state index contributed by atoms with van der Waals surface area (Å²) in [6.07, 6.45) is 0.892. The molecule has 0 bridgehead atoms. The topological polar surface area (TPSA) is 47.6 Å². The molecule has 1 heterocycles. The minimum atomic E-state index is -0.216. The third kappa shape index (κ3) is 3.63.